The zero-order chi connectivity index (χ0) is 14.0. The highest BCUT2D eigenvalue weighted by Crippen LogP contribution is 2.20. The highest BCUT2D eigenvalue weighted by atomic mass is 35.5. The average Bonchev–Trinajstić information content (AvgIpc) is 2.34. The Morgan fingerprint density at radius 1 is 1.26 bits per heavy atom. The molecule has 0 radical (unpaired) electrons. The fourth-order valence-electron chi connectivity index (χ4n) is 1.57. The smallest absolute Gasteiger partial charge is 0.185 e. The van der Waals surface area contributed by atoms with Crippen molar-refractivity contribution in [3.05, 3.63) is 57.4 Å². The summed E-state index contributed by atoms with van der Waals surface area (Å²) in [5, 5.41) is 20.0. The Kier molecular flexibility index (Phi) is 4.06. The van der Waals surface area contributed by atoms with Crippen LogP contribution in [0.3, 0.4) is 0 Å². The zero-order valence-corrected chi connectivity index (χ0v) is 11.6. The molecule has 2 N–H and O–H groups in total. The van der Waals surface area contributed by atoms with Gasteiger partial charge in [-0.15, -0.1) is 0 Å². The average molecular weight is 296 g/mol. The van der Waals surface area contributed by atoms with Crippen molar-refractivity contribution in [1.82, 2.24) is 4.90 Å². The second kappa shape index (κ2) is 5.58. The summed E-state index contributed by atoms with van der Waals surface area (Å²) in [7, 11) is 1.64. The quantitative estimate of drug-likeness (QED) is 0.723. The molecule has 0 saturated heterocycles. The number of hydrogen-bond donors (Lipinski definition) is 2. The molecule has 0 saturated carbocycles. The summed E-state index contributed by atoms with van der Waals surface area (Å²) in [6.07, 6.45) is 2.03. The molecule has 1 aliphatic rings. The minimum atomic E-state index is -1.02. The van der Waals surface area contributed by atoms with Crippen molar-refractivity contribution in [3.63, 3.8) is 0 Å². The molecule has 0 aromatic heterocycles. The van der Waals surface area contributed by atoms with Crippen LogP contribution >= 0.6 is 23.2 Å². The predicted octanol–water partition coefficient (Wildman–Crippen LogP) is 2.93. The van der Waals surface area contributed by atoms with Crippen molar-refractivity contribution < 1.29 is 10.2 Å². The van der Waals surface area contributed by atoms with Crippen LogP contribution in [0.2, 0.25) is 10.0 Å². The van der Waals surface area contributed by atoms with Crippen LogP contribution in [0.4, 0.5) is 0 Å². The maximum Gasteiger partial charge on any atom is 0.185 e. The van der Waals surface area contributed by atoms with E-state index in [9.17, 15) is 10.2 Å². The van der Waals surface area contributed by atoms with Gasteiger partial charge in [0.2, 0.25) is 0 Å². The van der Waals surface area contributed by atoms with E-state index >= 15 is 0 Å². The summed E-state index contributed by atoms with van der Waals surface area (Å²) in [4.78, 5) is 1.46. The van der Waals surface area contributed by atoms with Gasteiger partial charge in [-0.3, -0.25) is 0 Å². The molecular weight excluding hydrogens is 285 g/mol. The Hall–Kier alpha value is -1.60. The largest absolute Gasteiger partial charge is 0.507 e. The summed E-state index contributed by atoms with van der Waals surface area (Å²) < 4.78 is 0. The molecule has 1 aromatic rings. The van der Waals surface area contributed by atoms with Crippen molar-refractivity contribution in [2.75, 3.05) is 7.05 Å². The lowest BCUT2D eigenvalue weighted by Crippen LogP contribution is -2.31. The van der Waals surface area contributed by atoms with Crippen molar-refractivity contribution in [2.24, 2.45) is 0 Å². The van der Waals surface area contributed by atoms with Crippen LogP contribution in [0.15, 0.2) is 41.8 Å². The molecule has 1 unspecified atom stereocenters. The first-order valence-corrected chi connectivity index (χ1v) is 6.22. The Labute approximate surface area is 121 Å². The lowest BCUT2D eigenvalue weighted by atomic mass is 10.1. The monoisotopic (exact) mass is 295 g/mol. The van der Waals surface area contributed by atoms with Gasteiger partial charge in [0.1, 0.15) is 5.76 Å². The number of allylic oxidation sites excluding steroid dienone is 2. The summed E-state index contributed by atoms with van der Waals surface area (Å²) in [6, 6.07) is 5.05. The van der Waals surface area contributed by atoms with Crippen LogP contribution in [0.25, 0.3) is 0 Å². The van der Waals surface area contributed by atoms with E-state index in [1.807, 2.05) is 0 Å². The number of rotatable bonds is 0. The van der Waals surface area contributed by atoms with Crippen LogP contribution in [-0.4, -0.2) is 28.4 Å². The fourth-order valence-corrected chi connectivity index (χ4v) is 2.02. The molecule has 5 heteroatoms. The van der Waals surface area contributed by atoms with Gasteiger partial charge < -0.3 is 15.1 Å². The van der Waals surface area contributed by atoms with E-state index in [4.69, 9.17) is 23.2 Å². The number of likely N-dealkylation sites (N-methyl/N-ethyl adjacent to an activating group) is 1. The third-order valence-electron chi connectivity index (χ3n) is 2.57. The molecule has 0 fully saturated rings. The molecule has 98 valence electrons. The van der Waals surface area contributed by atoms with Crippen molar-refractivity contribution in [1.29, 1.82) is 0 Å². The minimum absolute atomic E-state index is 0.142. The van der Waals surface area contributed by atoms with Gasteiger partial charge in [0.15, 0.2) is 6.23 Å². The van der Waals surface area contributed by atoms with E-state index in [1.54, 1.807) is 31.4 Å². The van der Waals surface area contributed by atoms with Crippen molar-refractivity contribution >= 4 is 23.2 Å². The van der Waals surface area contributed by atoms with Gasteiger partial charge in [-0.25, -0.2) is 0 Å². The van der Waals surface area contributed by atoms with Gasteiger partial charge in [-0.1, -0.05) is 35.0 Å². The first kappa shape index (κ1) is 13.8. The summed E-state index contributed by atoms with van der Waals surface area (Å²) in [5.74, 6) is 5.62. The van der Waals surface area contributed by atoms with Crippen molar-refractivity contribution in [2.45, 2.75) is 6.23 Å². The highest BCUT2D eigenvalue weighted by molar-refractivity contribution is 6.35. The van der Waals surface area contributed by atoms with E-state index < -0.39 is 6.23 Å². The number of aliphatic hydroxyl groups is 2. The Bertz CT molecular complexity index is 626. The predicted molar refractivity (Wildman–Crippen MR) is 75.9 cm³/mol. The molecule has 0 spiro atoms. The van der Waals surface area contributed by atoms with E-state index in [1.165, 1.54) is 11.0 Å². The second-order valence-corrected chi connectivity index (χ2v) is 4.91. The molecule has 2 rings (SSSR count). The lowest BCUT2D eigenvalue weighted by Gasteiger charge is -2.24. The maximum absolute atomic E-state index is 9.52. The number of halogens is 2. The first-order valence-electron chi connectivity index (χ1n) is 5.47. The molecule has 1 atom stereocenters. The molecule has 0 bridgehead atoms. The number of nitrogens with zero attached hydrogens (tertiary/aromatic N) is 1. The molecule has 3 nitrogen and oxygen atoms in total. The van der Waals surface area contributed by atoms with E-state index in [-0.39, 0.29) is 5.76 Å². The number of hydrogen-bond acceptors (Lipinski definition) is 3. The minimum Gasteiger partial charge on any atom is -0.507 e. The number of benzene rings is 1. The molecule has 1 heterocycles. The third kappa shape index (κ3) is 3.24. The second-order valence-electron chi connectivity index (χ2n) is 4.07. The van der Waals surface area contributed by atoms with E-state index in [2.05, 4.69) is 11.8 Å². The maximum atomic E-state index is 9.52. The lowest BCUT2D eigenvalue weighted by molar-refractivity contribution is 0.0464. The molecular formula is C14H11Cl2NO2. The topological polar surface area (TPSA) is 43.7 Å². The SMILES string of the molecule is CN1C=C(C#Cc2ccc(Cl)cc2Cl)C=C(O)C1O. The molecule has 1 aliphatic heterocycles. The van der Waals surface area contributed by atoms with Gasteiger partial charge in [0, 0.05) is 29.4 Å². The van der Waals surface area contributed by atoms with E-state index in [0.29, 0.717) is 21.2 Å². The Morgan fingerprint density at radius 2 is 2.00 bits per heavy atom. The van der Waals surface area contributed by atoms with Gasteiger partial charge in [0.05, 0.1) is 5.02 Å². The summed E-state index contributed by atoms with van der Waals surface area (Å²) >= 11 is 11.8. The third-order valence-corrected chi connectivity index (χ3v) is 3.12. The van der Waals surface area contributed by atoms with Crippen LogP contribution in [-0.2, 0) is 0 Å². The van der Waals surface area contributed by atoms with Gasteiger partial charge >= 0.3 is 0 Å². The van der Waals surface area contributed by atoms with Crippen LogP contribution in [0.1, 0.15) is 5.56 Å². The van der Waals surface area contributed by atoms with Gasteiger partial charge in [-0.05, 0) is 24.3 Å². The van der Waals surface area contributed by atoms with Crippen LogP contribution in [0, 0.1) is 11.8 Å². The van der Waals surface area contributed by atoms with Crippen molar-refractivity contribution in [3.8, 4) is 11.8 Å². The van der Waals surface area contributed by atoms with Crippen LogP contribution in [0.5, 0.6) is 0 Å². The molecule has 1 aromatic carbocycles. The fraction of sp³-hybridized carbons (Fsp3) is 0.143. The Balaban J connectivity index is 2.28. The number of aliphatic hydroxyl groups excluding tert-OH is 2. The van der Waals surface area contributed by atoms with Crippen LogP contribution < -0.4 is 0 Å². The van der Waals surface area contributed by atoms with E-state index in [0.717, 1.165) is 0 Å². The standard InChI is InChI=1S/C14H11Cl2NO2/c1-17-8-9(6-13(18)14(17)19)2-3-10-4-5-11(15)7-12(10)16/h4-8,14,18-19H,1H3. The summed E-state index contributed by atoms with van der Waals surface area (Å²) in [6.45, 7) is 0. The first-order chi connectivity index (χ1) is 8.97. The summed E-state index contributed by atoms with van der Waals surface area (Å²) in [5.41, 5.74) is 1.23. The molecule has 19 heavy (non-hydrogen) atoms. The van der Waals surface area contributed by atoms with Gasteiger partial charge in [-0.2, -0.15) is 0 Å². The normalized spacial score (nSPS) is 18.3. The highest BCUT2D eigenvalue weighted by Gasteiger charge is 2.17. The molecule has 0 aliphatic carbocycles. The molecule has 0 amide bonds. The Morgan fingerprint density at radius 3 is 2.63 bits per heavy atom. The zero-order valence-electron chi connectivity index (χ0n) is 10.1. The van der Waals surface area contributed by atoms with Gasteiger partial charge in [0.25, 0.3) is 0 Å².